The fourth-order valence-electron chi connectivity index (χ4n) is 2.62. The number of nitrogens with one attached hydrogen (secondary N) is 1. The standard InChI is InChI=1S/C16H22F2N2O4/c1-22-12-4-3-7-20(10-12)16(21)19-9-11-5-6-13(24-15(17)18)14(8-11)23-2/h5-6,8,12,15H,3-4,7,9-10H2,1-2H3,(H,19,21)/t12-/m1/s1. The van der Waals surface area contributed by atoms with Crippen LogP contribution in [0.1, 0.15) is 18.4 Å². The van der Waals surface area contributed by atoms with Gasteiger partial charge >= 0.3 is 12.6 Å². The third-order valence-electron chi connectivity index (χ3n) is 3.89. The number of carbonyl (C=O) groups is 1. The van der Waals surface area contributed by atoms with E-state index in [4.69, 9.17) is 9.47 Å². The monoisotopic (exact) mass is 344 g/mol. The molecule has 1 aromatic carbocycles. The van der Waals surface area contributed by atoms with E-state index in [1.165, 1.54) is 13.2 Å². The summed E-state index contributed by atoms with van der Waals surface area (Å²) >= 11 is 0. The van der Waals surface area contributed by atoms with Gasteiger partial charge in [-0.3, -0.25) is 0 Å². The van der Waals surface area contributed by atoms with E-state index >= 15 is 0 Å². The summed E-state index contributed by atoms with van der Waals surface area (Å²) in [7, 11) is 3.01. The highest BCUT2D eigenvalue weighted by molar-refractivity contribution is 5.74. The molecule has 1 heterocycles. The van der Waals surface area contributed by atoms with E-state index in [2.05, 4.69) is 10.1 Å². The van der Waals surface area contributed by atoms with Crippen molar-refractivity contribution in [3.63, 3.8) is 0 Å². The fourth-order valence-corrected chi connectivity index (χ4v) is 2.62. The maximum absolute atomic E-state index is 12.3. The highest BCUT2D eigenvalue weighted by Gasteiger charge is 2.23. The molecule has 0 bridgehead atoms. The average molecular weight is 344 g/mol. The zero-order valence-corrected chi connectivity index (χ0v) is 13.8. The minimum atomic E-state index is -2.92. The normalized spacial score (nSPS) is 17.7. The molecule has 1 aliphatic rings. The van der Waals surface area contributed by atoms with Gasteiger partial charge in [0.2, 0.25) is 0 Å². The molecule has 1 N–H and O–H groups in total. The van der Waals surface area contributed by atoms with Gasteiger partial charge in [0.05, 0.1) is 13.2 Å². The van der Waals surface area contributed by atoms with Crippen molar-refractivity contribution in [2.45, 2.75) is 32.1 Å². The van der Waals surface area contributed by atoms with Crippen molar-refractivity contribution < 1.29 is 27.8 Å². The molecule has 24 heavy (non-hydrogen) atoms. The third kappa shape index (κ3) is 4.95. The molecule has 0 aliphatic carbocycles. The Hall–Kier alpha value is -2.09. The van der Waals surface area contributed by atoms with Crippen molar-refractivity contribution in [1.29, 1.82) is 0 Å². The van der Waals surface area contributed by atoms with Gasteiger partial charge in [0.1, 0.15) is 0 Å². The summed E-state index contributed by atoms with van der Waals surface area (Å²) < 4.78 is 39.3. The number of likely N-dealkylation sites (tertiary alicyclic amines) is 1. The molecule has 1 aliphatic heterocycles. The molecular formula is C16H22F2N2O4. The second-order valence-corrected chi connectivity index (χ2v) is 5.47. The van der Waals surface area contributed by atoms with Crippen LogP contribution in [0.4, 0.5) is 13.6 Å². The minimum Gasteiger partial charge on any atom is -0.493 e. The van der Waals surface area contributed by atoms with Crippen LogP contribution in [0, 0.1) is 0 Å². The molecule has 134 valence electrons. The lowest BCUT2D eigenvalue weighted by Crippen LogP contribution is -2.47. The van der Waals surface area contributed by atoms with Crippen LogP contribution in [0.25, 0.3) is 0 Å². The largest absolute Gasteiger partial charge is 0.493 e. The number of alkyl halides is 2. The Morgan fingerprint density at radius 1 is 1.38 bits per heavy atom. The fraction of sp³-hybridized carbons (Fsp3) is 0.562. The molecule has 1 saturated heterocycles. The first-order valence-corrected chi connectivity index (χ1v) is 7.70. The van der Waals surface area contributed by atoms with Gasteiger partial charge in [-0.25, -0.2) is 4.79 Å². The number of halogens is 2. The molecular weight excluding hydrogens is 322 g/mol. The van der Waals surface area contributed by atoms with Gasteiger partial charge in [0, 0.05) is 26.7 Å². The minimum absolute atomic E-state index is 0.0402. The van der Waals surface area contributed by atoms with Crippen LogP contribution in [-0.4, -0.2) is 51.0 Å². The number of nitrogens with zero attached hydrogens (tertiary/aromatic N) is 1. The quantitative estimate of drug-likeness (QED) is 0.862. The van der Waals surface area contributed by atoms with Gasteiger partial charge in [-0.15, -0.1) is 0 Å². The summed E-state index contributed by atoms with van der Waals surface area (Å²) in [5, 5.41) is 2.81. The molecule has 1 fully saturated rings. The molecule has 1 aromatic rings. The van der Waals surface area contributed by atoms with Crippen molar-refractivity contribution in [3.05, 3.63) is 23.8 Å². The molecule has 0 spiro atoms. The van der Waals surface area contributed by atoms with Crippen molar-refractivity contribution in [1.82, 2.24) is 10.2 Å². The van der Waals surface area contributed by atoms with Crippen LogP contribution in [0.2, 0.25) is 0 Å². The summed E-state index contributed by atoms with van der Waals surface area (Å²) in [6.45, 7) is -1.40. The van der Waals surface area contributed by atoms with Gasteiger partial charge in [-0.05, 0) is 30.5 Å². The maximum Gasteiger partial charge on any atom is 0.387 e. The van der Waals surface area contributed by atoms with E-state index < -0.39 is 6.61 Å². The van der Waals surface area contributed by atoms with Crippen molar-refractivity contribution >= 4 is 6.03 Å². The molecule has 1 atom stereocenters. The molecule has 0 radical (unpaired) electrons. The lowest BCUT2D eigenvalue weighted by atomic mass is 10.1. The SMILES string of the molecule is COc1cc(CNC(=O)N2CCC[C@@H](OC)C2)ccc1OC(F)F. The predicted octanol–water partition coefficient (Wildman–Crippen LogP) is 2.62. The van der Waals surface area contributed by atoms with Gasteiger partial charge in [0.25, 0.3) is 0 Å². The Kier molecular flexibility index (Phi) is 6.60. The first-order valence-electron chi connectivity index (χ1n) is 7.70. The lowest BCUT2D eigenvalue weighted by molar-refractivity contribution is -0.0512. The Morgan fingerprint density at radius 3 is 2.83 bits per heavy atom. The first kappa shape index (κ1) is 18.3. The number of rotatable bonds is 6. The number of hydrogen-bond acceptors (Lipinski definition) is 4. The predicted molar refractivity (Wildman–Crippen MR) is 83.5 cm³/mol. The summed E-state index contributed by atoms with van der Waals surface area (Å²) in [6, 6.07) is 4.39. The Morgan fingerprint density at radius 2 is 2.17 bits per heavy atom. The average Bonchev–Trinajstić information content (AvgIpc) is 2.60. The molecule has 6 nitrogen and oxygen atoms in total. The number of carbonyl (C=O) groups excluding carboxylic acids is 1. The van der Waals surface area contributed by atoms with Crippen LogP contribution < -0.4 is 14.8 Å². The Balaban J connectivity index is 1.92. The maximum atomic E-state index is 12.3. The smallest absolute Gasteiger partial charge is 0.387 e. The van der Waals surface area contributed by atoms with Crippen LogP contribution >= 0.6 is 0 Å². The van der Waals surface area contributed by atoms with Crippen LogP contribution in [0.3, 0.4) is 0 Å². The molecule has 0 unspecified atom stereocenters. The van der Waals surface area contributed by atoms with E-state index in [-0.39, 0.29) is 30.2 Å². The summed E-state index contributed by atoms with van der Waals surface area (Å²) in [4.78, 5) is 13.9. The van der Waals surface area contributed by atoms with Gasteiger partial charge in [-0.2, -0.15) is 8.78 Å². The Bertz CT molecular complexity index is 557. The van der Waals surface area contributed by atoms with Crippen LogP contribution in [0.5, 0.6) is 11.5 Å². The molecule has 2 rings (SSSR count). The second-order valence-electron chi connectivity index (χ2n) is 5.47. The number of piperidine rings is 1. The van der Waals surface area contributed by atoms with Crippen molar-refractivity contribution in [2.24, 2.45) is 0 Å². The van der Waals surface area contributed by atoms with Crippen LogP contribution in [-0.2, 0) is 11.3 Å². The van der Waals surface area contributed by atoms with E-state index in [0.29, 0.717) is 13.1 Å². The number of hydrogen-bond donors (Lipinski definition) is 1. The number of ether oxygens (including phenoxy) is 3. The lowest BCUT2D eigenvalue weighted by Gasteiger charge is -2.31. The molecule has 2 amide bonds. The van der Waals surface area contributed by atoms with Gasteiger partial charge < -0.3 is 24.4 Å². The summed E-state index contributed by atoms with van der Waals surface area (Å²) in [5.41, 5.74) is 0.724. The van der Waals surface area contributed by atoms with E-state index in [1.54, 1.807) is 24.1 Å². The van der Waals surface area contributed by atoms with E-state index in [1.807, 2.05) is 0 Å². The molecule has 0 saturated carbocycles. The number of methoxy groups -OCH3 is 2. The zero-order valence-electron chi connectivity index (χ0n) is 13.8. The van der Waals surface area contributed by atoms with E-state index in [9.17, 15) is 13.6 Å². The molecule has 0 aromatic heterocycles. The van der Waals surface area contributed by atoms with Crippen molar-refractivity contribution in [2.75, 3.05) is 27.3 Å². The Labute approximate surface area is 139 Å². The topological polar surface area (TPSA) is 60.0 Å². The first-order chi connectivity index (χ1) is 11.5. The molecule has 8 heteroatoms. The van der Waals surface area contributed by atoms with Crippen molar-refractivity contribution in [3.8, 4) is 11.5 Å². The zero-order chi connectivity index (χ0) is 17.5. The van der Waals surface area contributed by atoms with Gasteiger partial charge in [0.15, 0.2) is 11.5 Å². The second kappa shape index (κ2) is 8.68. The number of urea groups is 1. The highest BCUT2D eigenvalue weighted by Crippen LogP contribution is 2.29. The van der Waals surface area contributed by atoms with E-state index in [0.717, 1.165) is 18.4 Å². The number of benzene rings is 1. The number of amides is 2. The third-order valence-corrected chi connectivity index (χ3v) is 3.89. The van der Waals surface area contributed by atoms with Crippen LogP contribution in [0.15, 0.2) is 18.2 Å². The van der Waals surface area contributed by atoms with Gasteiger partial charge in [-0.1, -0.05) is 6.07 Å². The highest BCUT2D eigenvalue weighted by atomic mass is 19.3. The summed E-state index contributed by atoms with van der Waals surface area (Å²) in [5.74, 6) is 0.154. The summed E-state index contributed by atoms with van der Waals surface area (Å²) in [6.07, 6.45) is 1.91.